The molecule has 4 nitrogen and oxygen atoms in total. The topological polar surface area (TPSA) is 41.6 Å². The molecule has 1 aliphatic rings. The summed E-state index contributed by atoms with van der Waals surface area (Å²) >= 11 is 1.86. The maximum atomic E-state index is 12.1. The molecular weight excluding hydrogens is 272 g/mol. The molecule has 0 saturated carbocycles. The molecule has 118 valence electrons. The van der Waals surface area contributed by atoms with Crippen LogP contribution in [-0.2, 0) is 4.74 Å². The van der Waals surface area contributed by atoms with Crippen molar-refractivity contribution in [2.24, 2.45) is 5.92 Å². The minimum Gasteiger partial charge on any atom is -0.444 e. The minimum atomic E-state index is -0.408. The number of piperidine rings is 1. The molecule has 1 amide bonds. The van der Waals surface area contributed by atoms with E-state index in [0.717, 1.165) is 31.8 Å². The summed E-state index contributed by atoms with van der Waals surface area (Å²) < 4.78 is 5.45. The van der Waals surface area contributed by atoms with E-state index in [0.29, 0.717) is 12.0 Å². The van der Waals surface area contributed by atoms with Crippen molar-refractivity contribution >= 4 is 17.9 Å². The van der Waals surface area contributed by atoms with E-state index >= 15 is 0 Å². The molecule has 1 aliphatic heterocycles. The molecule has 1 saturated heterocycles. The van der Waals surface area contributed by atoms with Gasteiger partial charge in [-0.15, -0.1) is 0 Å². The summed E-state index contributed by atoms with van der Waals surface area (Å²) in [6.07, 6.45) is 4.23. The van der Waals surface area contributed by atoms with Gasteiger partial charge in [0.15, 0.2) is 0 Å². The Morgan fingerprint density at radius 2 is 2.20 bits per heavy atom. The van der Waals surface area contributed by atoms with Crippen molar-refractivity contribution in [1.29, 1.82) is 0 Å². The Hall–Kier alpha value is -0.420. The average Bonchev–Trinajstić information content (AvgIpc) is 2.35. The van der Waals surface area contributed by atoms with Crippen LogP contribution in [-0.4, -0.2) is 54.3 Å². The summed E-state index contributed by atoms with van der Waals surface area (Å²) in [5.74, 6) is 1.67. The second-order valence-corrected chi connectivity index (χ2v) is 7.61. The first-order valence-corrected chi connectivity index (χ1v) is 8.91. The largest absolute Gasteiger partial charge is 0.444 e. The monoisotopic (exact) mass is 302 g/mol. The first kappa shape index (κ1) is 17.6. The Kier molecular flexibility index (Phi) is 7.17. The molecular formula is C15H30N2O2S. The minimum absolute atomic E-state index is 0.167. The van der Waals surface area contributed by atoms with Crippen LogP contribution >= 0.6 is 11.8 Å². The lowest BCUT2D eigenvalue weighted by Gasteiger charge is -2.34. The number of hydrogen-bond donors (Lipinski definition) is 1. The van der Waals surface area contributed by atoms with Crippen molar-refractivity contribution in [2.45, 2.75) is 52.2 Å². The van der Waals surface area contributed by atoms with Gasteiger partial charge in [0.1, 0.15) is 5.60 Å². The zero-order valence-corrected chi connectivity index (χ0v) is 14.4. The molecule has 0 aliphatic carbocycles. The summed E-state index contributed by atoms with van der Waals surface area (Å²) in [5, 5.41) is 3.56. The number of rotatable bonds is 5. The quantitative estimate of drug-likeness (QED) is 0.848. The number of likely N-dealkylation sites (tertiary alicyclic amines) is 1. The van der Waals surface area contributed by atoms with Gasteiger partial charge in [-0.05, 0) is 59.3 Å². The van der Waals surface area contributed by atoms with E-state index in [1.54, 1.807) is 0 Å². The number of nitrogens with zero attached hydrogens (tertiary/aromatic N) is 1. The van der Waals surface area contributed by atoms with Crippen LogP contribution in [0.15, 0.2) is 0 Å². The van der Waals surface area contributed by atoms with Gasteiger partial charge in [-0.2, -0.15) is 11.8 Å². The maximum Gasteiger partial charge on any atom is 0.410 e. The van der Waals surface area contributed by atoms with Gasteiger partial charge in [0.05, 0.1) is 0 Å². The molecule has 1 fully saturated rings. The van der Waals surface area contributed by atoms with Gasteiger partial charge < -0.3 is 15.0 Å². The Morgan fingerprint density at radius 1 is 1.50 bits per heavy atom. The highest BCUT2D eigenvalue weighted by Gasteiger charge is 2.27. The summed E-state index contributed by atoms with van der Waals surface area (Å²) in [5.41, 5.74) is -0.408. The van der Waals surface area contributed by atoms with E-state index in [4.69, 9.17) is 4.74 Å². The predicted molar refractivity (Wildman–Crippen MR) is 86.4 cm³/mol. The Labute approximate surface area is 128 Å². The van der Waals surface area contributed by atoms with Gasteiger partial charge in [-0.25, -0.2) is 4.79 Å². The molecule has 0 spiro atoms. The Bertz CT molecular complexity index is 305. The Balaban J connectivity index is 2.36. The fourth-order valence-electron chi connectivity index (χ4n) is 2.40. The van der Waals surface area contributed by atoms with Gasteiger partial charge in [0.2, 0.25) is 0 Å². The number of ether oxygens (including phenoxy) is 1. The number of amides is 1. The molecule has 2 atom stereocenters. The van der Waals surface area contributed by atoms with Crippen molar-refractivity contribution in [3.05, 3.63) is 0 Å². The zero-order valence-electron chi connectivity index (χ0n) is 13.6. The normalized spacial score (nSPS) is 21.6. The first-order valence-electron chi connectivity index (χ1n) is 7.52. The lowest BCUT2D eigenvalue weighted by atomic mass is 9.98. The molecule has 0 aromatic carbocycles. The van der Waals surface area contributed by atoms with Crippen molar-refractivity contribution in [3.63, 3.8) is 0 Å². The summed E-state index contributed by atoms with van der Waals surface area (Å²) in [6, 6.07) is 0.530. The second-order valence-electron chi connectivity index (χ2n) is 6.70. The van der Waals surface area contributed by atoms with Gasteiger partial charge in [-0.1, -0.05) is 0 Å². The standard InChI is InChI=1S/C15H30N2O2S/c1-12(11-20-5)16-9-13-7-6-8-17(10-13)14(18)19-15(2,3)4/h12-13,16H,6-11H2,1-5H3. The van der Waals surface area contributed by atoms with Crippen LogP contribution in [0, 0.1) is 5.92 Å². The smallest absolute Gasteiger partial charge is 0.410 e. The number of thioether (sulfide) groups is 1. The van der Waals surface area contributed by atoms with E-state index in [1.165, 1.54) is 6.42 Å². The fraction of sp³-hybridized carbons (Fsp3) is 0.933. The molecule has 1 rings (SSSR count). The van der Waals surface area contributed by atoms with Crippen molar-refractivity contribution in [2.75, 3.05) is 31.6 Å². The summed E-state index contributed by atoms with van der Waals surface area (Å²) in [7, 11) is 0. The average molecular weight is 302 g/mol. The number of carbonyl (C=O) groups is 1. The fourth-order valence-corrected chi connectivity index (χ4v) is 3.02. The number of carbonyl (C=O) groups excluding carboxylic acids is 1. The van der Waals surface area contributed by atoms with Crippen LogP contribution in [0.1, 0.15) is 40.5 Å². The SMILES string of the molecule is CSCC(C)NCC1CCCN(C(=O)OC(C)(C)C)C1. The van der Waals surface area contributed by atoms with Gasteiger partial charge in [0, 0.05) is 24.9 Å². The van der Waals surface area contributed by atoms with Gasteiger partial charge in [-0.3, -0.25) is 0 Å². The van der Waals surface area contributed by atoms with Crippen LogP contribution in [0.3, 0.4) is 0 Å². The maximum absolute atomic E-state index is 12.1. The highest BCUT2D eigenvalue weighted by molar-refractivity contribution is 7.98. The van der Waals surface area contributed by atoms with Crippen LogP contribution in [0.2, 0.25) is 0 Å². The second kappa shape index (κ2) is 8.13. The lowest BCUT2D eigenvalue weighted by Crippen LogP contribution is -2.46. The first-order chi connectivity index (χ1) is 9.31. The third-order valence-corrected chi connectivity index (χ3v) is 4.18. The van der Waals surface area contributed by atoms with Crippen molar-refractivity contribution in [3.8, 4) is 0 Å². The number of nitrogens with one attached hydrogen (secondary N) is 1. The molecule has 20 heavy (non-hydrogen) atoms. The van der Waals surface area contributed by atoms with Crippen molar-refractivity contribution < 1.29 is 9.53 Å². The van der Waals surface area contributed by atoms with Crippen molar-refractivity contribution in [1.82, 2.24) is 10.2 Å². The van der Waals surface area contributed by atoms with E-state index in [1.807, 2.05) is 37.4 Å². The molecule has 0 aromatic heterocycles. The molecule has 2 unspecified atom stereocenters. The highest BCUT2D eigenvalue weighted by atomic mass is 32.2. The van der Waals surface area contributed by atoms with Gasteiger partial charge in [0.25, 0.3) is 0 Å². The van der Waals surface area contributed by atoms with E-state index in [2.05, 4.69) is 18.5 Å². The van der Waals surface area contributed by atoms with E-state index in [9.17, 15) is 4.79 Å². The van der Waals surface area contributed by atoms with E-state index < -0.39 is 5.60 Å². The molecule has 0 bridgehead atoms. The van der Waals surface area contributed by atoms with Gasteiger partial charge >= 0.3 is 6.09 Å². The molecule has 1 N–H and O–H groups in total. The van der Waals surface area contributed by atoms with Crippen LogP contribution in [0.4, 0.5) is 4.79 Å². The van der Waals surface area contributed by atoms with Crippen LogP contribution in [0.25, 0.3) is 0 Å². The zero-order chi connectivity index (χ0) is 15.2. The van der Waals surface area contributed by atoms with E-state index in [-0.39, 0.29) is 6.09 Å². The lowest BCUT2D eigenvalue weighted by molar-refractivity contribution is 0.0166. The molecule has 5 heteroatoms. The molecule has 1 heterocycles. The summed E-state index contributed by atoms with van der Waals surface area (Å²) in [6.45, 7) is 10.6. The molecule has 0 radical (unpaired) electrons. The highest BCUT2D eigenvalue weighted by Crippen LogP contribution is 2.19. The van der Waals surface area contributed by atoms with Crippen LogP contribution < -0.4 is 5.32 Å². The predicted octanol–water partition coefficient (Wildman–Crippen LogP) is 2.97. The third-order valence-electron chi connectivity index (χ3n) is 3.34. The Morgan fingerprint density at radius 3 is 2.80 bits per heavy atom. The summed E-state index contributed by atoms with van der Waals surface area (Å²) in [4.78, 5) is 13.9. The van der Waals surface area contributed by atoms with Crippen LogP contribution in [0.5, 0.6) is 0 Å². The third kappa shape index (κ3) is 6.84. The molecule has 0 aromatic rings. The number of hydrogen-bond acceptors (Lipinski definition) is 4.